The summed E-state index contributed by atoms with van der Waals surface area (Å²) in [5.41, 5.74) is 0.693. The maximum Gasteiger partial charge on any atom is 0.119 e. The topological polar surface area (TPSA) is 45.0 Å². The minimum Gasteiger partial charge on any atom is -0.493 e. The fourth-order valence-electron chi connectivity index (χ4n) is 2.45. The third-order valence-electron chi connectivity index (χ3n) is 3.59. The molecule has 0 spiro atoms. The van der Waals surface area contributed by atoms with Gasteiger partial charge in [0.25, 0.3) is 0 Å². The van der Waals surface area contributed by atoms with E-state index in [0.29, 0.717) is 11.5 Å². The number of nitrogens with zero attached hydrogens (tertiary/aromatic N) is 1. The van der Waals surface area contributed by atoms with Gasteiger partial charge in [0.2, 0.25) is 0 Å². The number of rotatable bonds is 3. The molecular formula is C16H16N2O. The maximum absolute atomic E-state index is 8.88. The number of nitrogens with one attached hydrogen (secondary N) is 1. The van der Waals surface area contributed by atoms with Gasteiger partial charge in [-0.3, -0.25) is 0 Å². The van der Waals surface area contributed by atoms with Crippen molar-refractivity contribution in [2.75, 3.05) is 19.7 Å². The van der Waals surface area contributed by atoms with Crippen LogP contribution in [0.4, 0.5) is 0 Å². The number of nitriles is 1. The number of hydrogen-bond acceptors (Lipinski definition) is 3. The highest BCUT2D eigenvalue weighted by Crippen LogP contribution is 2.22. The molecule has 1 saturated heterocycles. The van der Waals surface area contributed by atoms with E-state index in [1.807, 2.05) is 36.4 Å². The van der Waals surface area contributed by atoms with Gasteiger partial charge in [0, 0.05) is 12.5 Å². The molecule has 1 aliphatic rings. The fraction of sp³-hybridized carbons (Fsp3) is 0.312. The molecule has 1 aliphatic heterocycles. The molecule has 0 amide bonds. The van der Waals surface area contributed by atoms with E-state index < -0.39 is 0 Å². The number of hydrogen-bond donors (Lipinski definition) is 1. The summed E-state index contributed by atoms with van der Waals surface area (Å²) in [4.78, 5) is 0. The molecule has 1 N–H and O–H groups in total. The average molecular weight is 252 g/mol. The lowest BCUT2D eigenvalue weighted by Gasteiger charge is -2.11. The molecule has 2 aromatic rings. The molecule has 0 saturated carbocycles. The first-order valence-electron chi connectivity index (χ1n) is 6.62. The van der Waals surface area contributed by atoms with E-state index in [1.165, 1.54) is 6.42 Å². The van der Waals surface area contributed by atoms with Gasteiger partial charge in [-0.25, -0.2) is 0 Å². The van der Waals surface area contributed by atoms with Crippen molar-refractivity contribution in [3.05, 3.63) is 42.0 Å². The van der Waals surface area contributed by atoms with Crippen LogP contribution in [-0.4, -0.2) is 19.7 Å². The Bertz CT molecular complexity index is 624. The molecule has 1 heterocycles. The van der Waals surface area contributed by atoms with E-state index in [4.69, 9.17) is 10.00 Å². The zero-order valence-electron chi connectivity index (χ0n) is 10.7. The van der Waals surface area contributed by atoms with E-state index in [9.17, 15) is 0 Å². The van der Waals surface area contributed by atoms with Crippen molar-refractivity contribution in [2.45, 2.75) is 6.42 Å². The minimum absolute atomic E-state index is 0.622. The summed E-state index contributed by atoms with van der Waals surface area (Å²) < 4.78 is 5.85. The van der Waals surface area contributed by atoms with Crippen LogP contribution in [0.15, 0.2) is 36.4 Å². The third-order valence-corrected chi connectivity index (χ3v) is 3.59. The molecule has 0 aromatic heterocycles. The van der Waals surface area contributed by atoms with Crippen molar-refractivity contribution in [2.24, 2.45) is 5.92 Å². The molecule has 3 nitrogen and oxygen atoms in total. The van der Waals surface area contributed by atoms with Crippen molar-refractivity contribution >= 4 is 10.8 Å². The standard InChI is InChI=1S/C16H16N2O/c17-9-12-1-2-15-8-16(4-3-14(15)7-12)19-11-13-5-6-18-10-13/h1-4,7-8,13,18H,5-6,10-11H2. The van der Waals surface area contributed by atoms with Gasteiger partial charge in [-0.2, -0.15) is 5.26 Å². The van der Waals surface area contributed by atoms with E-state index in [2.05, 4.69) is 11.4 Å². The highest BCUT2D eigenvalue weighted by molar-refractivity contribution is 5.85. The van der Waals surface area contributed by atoms with Gasteiger partial charge in [0.1, 0.15) is 5.75 Å². The second-order valence-corrected chi connectivity index (χ2v) is 5.01. The Labute approximate surface area is 112 Å². The highest BCUT2D eigenvalue weighted by atomic mass is 16.5. The first-order valence-corrected chi connectivity index (χ1v) is 6.62. The van der Waals surface area contributed by atoms with Crippen molar-refractivity contribution < 1.29 is 4.74 Å². The van der Waals surface area contributed by atoms with Crippen molar-refractivity contribution in [3.63, 3.8) is 0 Å². The van der Waals surface area contributed by atoms with Crippen molar-refractivity contribution in [1.29, 1.82) is 5.26 Å². The van der Waals surface area contributed by atoms with Crippen LogP contribution in [0.2, 0.25) is 0 Å². The number of benzene rings is 2. The normalized spacial score (nSPS) is 18.4. The monoisotopic (exact) mass is 252 g/mol. The fourth-order valence-corrected chi connectivity index (χ4v) is 2.45. The maximum atomic E-state index is 8.88. The predicted octanol–water partition coefficient (Wildman–Crippen LogP) is 2.70. The second kappa shape index (κ2) is 5.29. The first kappa shape index (κ1) is 12.0. The lowest BCUT2D eigenvalue weighted by Crippen LogP contribution is -2.15. The third kappa shape index (κ3) is 2.69. The van der Waals surface area contributed by atoms with Crippen molar-refractivity contribution in [3.8, 4) is 11.8 Å². The number of ether oxygens (including phenoxy) is 1. The Morgan fingerprint density at radius 1 is 1.21 bits per heavy atom. The lowest BCUT2D eigenvalue weighted by atomic mass is 10.1. The number of fused-ring (bicyclic) bond motifs is 1. The summed E-state index contributed by atoms with van der Waals surface area (Å²) in [6, 6.07) is 13.9. The van der Waals surface area contributed by atoms with Crippen LogP contribution < -0.4 is 10.1 Å². The molecule has 96 valence electrons. The molecule has 0 aliphatic carbocycles. The lowest BCUT2D eigenvalue weighted by molar-refractivity contribution is 0.260. The van der Waals surface area contributed by atoms with Crippen molar-refractivity contribution in [1.82, 2.24) is 5.32 Å². The Kier molecular flexibility index (Phi) is 3.35. The van der Waals surface area contributed by atoms with Gasteiger partial charge in [-0.15, -0.1) is 0 Å². The Balaban J connectivity index is 1.76. The van der Waals surface area contributed by atoms with E-state index in [1.54, 1.807) is 0 Å². The SMILES string of the molecule is N#Cc1ccc2cc(OCC3CCNC3)ccc2c1. The summed E-state index contributed by atoms with van der Waals surface area (Å²) in [6.45, 7) is 2.93. The molecule has 0 bridgehead atoms. The second-order valence-electron chi connectivity index (χ2n) is 5.01. The molecular weight excluding hydrogens is 236 g/mol. The van der Waals surface area contributed by atoms with Crippen LogP contribution in [0, 0.1) is 17.2 Å². The minimum atomic E-state index is 0.622. The molecule has 1 fully saturated rings. The van der Waals surface area contributed by atoms with E-state index in [-0.39, 0.29) is 0 Å². The summed E-state index contributed by atoms with van der Waals surface area (Å²) in [7, 11) is 0. The van der Waals surface area contributed by atoms with Gasteiger partial charge in [0.05, 0.1) is 18.2 Å². The van der Waals surface area contributed by atoms with Crippen LogP contribution in [-0.2, 0) is 0 Å². The summed E-state index contributed by atoms with van der Waals surface area (Å²) in [5, 5.41) is 14.4. The molecule has 1 unspecified atom stereocenters. The van der Waals surface area contributed by atoms with Crippen LogP contribution >= 0.6 is 0 Å². The largest absolute Gasteiger partial charge is 0.493 e. The first-order chi connectivity index (χ1) is 9.35. The molecule has 1 atom stereocenters. The zero-order valence-corrected chi connectivity index (χ0v) is 10.7. The summed E-state index contributed by atoms with van der Waals surface area (Å²) in [6.07, 6.45) is 1.19. The molecule has 3 rings (SSSR count). The molecule has 2 aromatic carbocycles. The van der Waals surface area contributed by atoms with Gasteiger partial charge in [-0.05, 0) is 48.0 Å². The van der Waals surface area contributed by atoms with Crippen LogP contribution in [0.25, 0.3) is 10.8 Å². The quantitative estimate of drug-likeness (QED) is 0.913. The van der Waals surface area contributed by atoms with E-state index >= 15 is 0 Å². The Morgan fingerprint density at radius 2 is 2.05 bits per heavy atom. The van der Waals surface area contributed by atoms with Gasteiger partial charge < -0.3 is 10.1 Å². The zero-order chi connectivity index (χ0) is 13.1. The van der Waals surface area contributed by atoms with Crippen LogP contribution in [0.3, 0.4) is 0 Å². The van der Waals surface area contributed by atoms with Crippen LogP contribution in [0.1, 0.15) is 12.0 Å². The Morgan fingerprint density at radius 3 is 2.84 bits per heavy atom. The smallest absolute Gasteiger partial charge is 0.119 e. The molecule has 0 radical (unpaired) electrons. The van der Waals surface area contributed by atoms with E-state index in [0.717, 1.165) is 36.2 Å². The van der Waals surface area contributed by atoms with Crippen LogP contribution in [0.5, 0.6) is 5.75 Å². The van der Waals surface area contributed by atoms with Gasteiger partial charge >= 0.3 is 0 Å². The Hall–Kier alpha value is -2.05. The van der Waals surface area contributed by atoms with Gasteiger partial charge in [0.15, 0.2) is 0 Å². The summed E-state index contributed by atoms with van der Waals surface area (Å²) >= 11 is 0. The van der Waals surface area contributed by atoms with Gasteiger partial charge in [-0.1, -0.05) is 12.1 Å². The summed E-state index contributed by atoms with van der Waals surface area (Å²) in [5.74, 6) is 1.53. The highest BCUT2D eigenvalue weighted by Gasteiger charge is 2.14. The molecule has 19 heavy (non-hydrogen) atoms. The predicted molar refractivity (Wildman–Crippen MR) is 75.1 cm³/mol. The average Bonchev–Trinajstić information content (AvgIpc) is 2.97. The molecule has 3 heteroatoms.